The smallest absolute Gasteiger partial charge is 0.336 e. The van der Waals surface area contributed by atoms with Crippen LogP contribution >= 0.6 is 11.3 Å². The van der Waals surface area contributed by atoms with Crippen LogP contribution in [-0.2, 0) is 30.8 Å². The zero-order valence-electron chi connectivity index (χ0n) is 26.0. The van der Waals surface area contributed by atoms with E-state index in [0.717, 1.165) is 32.7 Å². The van der Waals surface area contributed by atoms with Crippen LogP contribution in [0.15, 0.2) is 101 Å². The summed E-state index contributed by atoms with van der Waals surface area (Å²) >= 11 is 1.24. The Hall–Kier alpha value is -5.00. The maximum absolute atomic E-state index is 15.0. The Morgan fingerprint density at radius 1 is 0.936 bits per heavy atom. The molecule has 8 nitrogen and oxygen atoms in total. The van der Waals surface area contributed by atoms with Crippen LogP contribution < -0.4 is 11.2 Å². The van der Waals surface area contributed by atoms with Gasteiger partial charge in [0.1, 0.15) is 22.2 Å². The lowest BCUT2D eigenvalue weighted by Crippen LogP contribution is -2.39. The van der Waals surface area contributed by atoms with Gasteiger partial charge in [-0.25, -0.2) is 23.1 Å². The van der Waals surface area contributed by atoms with Crippen molar-refractivity contribution in [2.45, 2.75) is 39.4 Å². The molecule has 0 spiro atoms. The lowest BCUT2D eigenvalue weighted by atomic mass is 10.0. The highest BCUT2D eigenvalue weighted by molar-refractivity contribution is 7.22. The molecule has 0 saturated heterocycles. The summed E-state index contributed by atoms with van der Waals surface area (Å²) in [6.07, 6.45) is 6.10. The summed E-state index contributed by atoms with van der Waals surface area (Å²) < 4.78 is 34.3. The number of halogens is 2. The van der Waals surface area contributed by atoms with Crippen LogP contribution in [0.3, 0.4) is 0 Å². The van der Waals surface area contributed by atoms with Gasteiger partial charge in [0, 0.05) is 55.3 Å². The molecular weight excluding hydrogens is 620 g/mol. The number of carbonyl (C=O) groups is 1. The van der Waals surface area contributed by atoms with Gasteiger partial charge in [0.05, 0.1) is 23.9 Å². The molecule has 3 aromatic carbocycles. The molecular formula is C36H33F2N5O3S. The highest BCUT2D eigenvalue weighted by Crippen LogP contribution is 2.38. The van der Waals surface area contributed by atoms with E-state index in [0.29, 0.717) is 53.9 Å². The Bertz CT molecular complexity index is 2130. The van der Waals surface area contributed by atoms with Crippen molar-refractivity contribution in [3.8, 4) is 16.1 Å². The predicted molar refractivity (Wildman–Crippen MR) is 180 cm³/mol. The third-order valence-electron chi connectivity index (χ3n) is 8.20. The number of Topliss-reactive ketones (excluding diaryl/α,β-unsaturated/α-hetero) is 1. The number of nitrogens with zero attached hydrogens (tertiary/aromatic N) is 5. The first-order valence-corrected chi connectivity index (χ1v) is 16.1. The molecule has 0 radical (unpaired) electrons. The van der Waals surface area contributed by atoms with Crippen molar-refractivity contribution < 1.29 is 13.6 Å². The van der Waals surface area contributed by atoms with Crippen LogP contribution in [0.2, 0.25) is 0 Å². The van der Waals surface area contributed by atoms with Crippen molar-refractivity contribution in [3.63, 3.8) is 0 Å². The number of likely N-dealkylation sites (N-methyl/N-ethyl adjacent to an activating group) is 1. The number of hydrogen-bond acceptors (Lipinski definition) is 6. The van der Waals surface area contributed by atoms with Gasteiger partial charge in [-0.15, -0.1) is 11.3 Å². The first-order chi connectivity index (χ1) is 22.7. The molecule has 240 valence electrons. The van der Waals surface area contributed by atoms with Crippen molar-refractivity contribution >= 4 is 27.3 Å². The second-order valence-corrected chi connectivity index (χ2v) is 12.4. The number of carbonyl (C=O) groups excluding carboxylic acids is 1. The molecule has 0 saturated carbocycles. The van der Waals surface area contributed by atoms with Crippen LogP contribution in [0.25, 0.3) is 26.3 Å². The molecule has 0 N–H and O–H groups in total. The van der Waals surface area contributed by atoms with E-state index in [1.807, 2.05) is 49.0 Å². The second kappa shape index (κ2) is 13.8. The number of imidazole rings is 1. The average molecular weight is 654 g/mol. The van der Waals surface area contributed by atoms with E-state index in [4.69, 9.17) is 0 Å². The summed E-state index contributed by atoms with van der Waals surface area (Å²) in [5.74, 6) is -1.43. The van der Waals surface area contributed by atoms with Gasteiger partial charge in [0.25, 0.3) is 5.56 Å². The van der Waals surface area contributed by atoms with Gasteiger partial charge in [-0.2, -0.15) is 0 Å². The number of ketones is 1. The molecule has 11 heteroatoms. The average Bonchev–Trinajstić information content (AvgIpc) is 3.73. The van der Waals surface area contributed by atoms with E-state index < -0.39 is 29.4 Å². The quantitative estimate of drug-likeness (QED) is 0.161. The van der Waals surface area contributed by atoms with Crippen LogP contribution in [0.5, 0.6) is 0 Å². The minimum Gasteiger partial charge on any atom is -0.336 e. The maximum Gasteiger partial charge on any atom is 0.337 e. The Balaban J connectivity index is 1.58. The van der Waals surface area contributed by atoms with Crippen LogP contribution in [0.1, 0.15) is 30.0 Å². The monoisotopic (exact) mass is 653 g/mol. The van der Waals surface area contributed by atoms with Crippen LogP contribution in [0, 0.1) is 11.6 Å². The van der Waals surface area contributed by atoms with Crippen LogP contribution in [-0.4, -0.2) is 43.0 Å². The second-order valence-electron chi connectivity index (χ2n) is 11.4. The van der Waals surface area contributed by atoms with E-state index in [-0.39, 0.29) is 11.3 Å². The molecule has 0 unspecified atom stereocenters. The fraction of sp³-hybridized carbons (Fsp3) is 0.222. The lowest BCUT2D eigenvalue weighted by Gasteiger charge is -2.18. The lowest BCUT2D eigenvalue weighted by molar-refractivity contribution is -0.118. The van der Waals surface area contributed by atoms with Crippen molar-refractivity contribution in [3.05, 3.63) is 141 Å². The summed E-state index contributed by atoms with van der Waals surface area (Å²) in [4.78, 5) is 48.0. The number of thiophene rings is 1. The number of benzene rings is 3. The Kier molecular flexibility index (Phi) is 9.37. The first-order valence-electron chi connectivity index (χ1n) is 15.3. The maximum atomic E-state index is 15.0. The normalized spacial score (nSPS) is 11.5. The summed E-state index contributed by atoms with van der Waals surface area (Å²) in [7, 11) is 1.95. The molecule has 0 atom stereocenters. The predicted octanol–water partition coefficient (Wildman–Crippen LogP) is 6.06. The summed E-state index contributed by atoms with van der Waals surface area (Å²) in [6.45, 7) is 3.08. The number of hydrogen-bond donors (Lipinski definition) is 0. The van der Waals surface area contributed by atoms with Gasteiger partial charge >= 0.3 is 5.69 Å². The standard InChI is InChI=1S/C36H33F2N5O3S/c1-3-27(44)20-24-12-14-25(15-13-24)33-29(21-40(2)18-19-41-17-16-39-23-41)32-34(45)43(26-8-5-4-6-9-26)36(46)42(35(32)47-33)22-28-30(37)10-7-11-31(28)38/h4-17,23H,3,18-22H2,1-2H3. The van der Waals surface area contributed by atoms with E-state index in [2.05, 4.69) is 9.88 Å². The Morgan fingerprint density at radius 2 is 1.66 bits per heavy atom. The van der Waals surface area contributed by atoms with Gasteiger partial charge in [-0.3, -0.25) is 14.2 Å². The molecule has 6 aromatic rings. The van der Waals surface area contributed by atoms with E-state index in [9.17, 15) is 23.2 Å². The van der Waals surface area contributed by atoms with Gasteiger partial charge < -0.3 is 9.47 Å². The van der Waals surface area contributed by atoms with E-state index >= 15 is 0 Å². The SMILES string of the molecule is CCC(=O)Cc1ccc(-c2sc3c(c2CN(C)CCn2ccnc2)c(=O)n(-c2ccccc2)c(=O)n3Cc2c(F)cccc2F)cc1. The summed E-state index contributed by atoms with van der Waals surface area (Å²) in [6, 6.07) is 19.7. The Morgan fingerprint density at radius 3 is 2.32 bits per heavy atom. The van der Waals surface area contributed by atoms with Crippen molar-refractivity contribution in [2.24, 2.45) is 0 Å². The third kappa shape index (κ3) is 6.63. The largest absolute Gasteiger partial charge is 0.337 e. The van der Waals surface area contributed by atoms with Gasteiger partial charge in [0.2, 0.25) is 0 Å². The summed E-state index contributed by atoms with van der Waals surface area (Å²) in [5, 5.41) is 0.310. The van der Waals surface area contributed by atoms with E-state index in [1.54, 1.807) is 42.9 Å². The summed E-state index contributed by atoms with van der Waals surface area (Å²) in [5.41, 5.74) is 1.26. The van der Waals surface area contributed by atoms with Crippen molar-refractivity contribution in [1.29, 1.82) is 0 Å². The third-order valence-corrected chi connectivity index (χ3v) is 9.51. The number of rotatable bonds is 12. The van der Waals surface area contributed by atoms with Crippen molar-refractivity contribution in [2.75, 3.05) is 13.6 Å². The van der Waals surface area contributed by atoms with Gasteiger partial charge in [-0.1, -0.05) is 55.5 Å². The fourth-order valence-corrected chi connectivity index (χ4v) is 6.92. The molecule has 0 fully saturated rings. The zero-order valence-corrected chi connectivity index (χ0v) is 26.8. The molecule has 0 aliphatic heterocycles. The van der Waals surface area contributed by atoms with Gasteiger partial charge in [-0.05, 0) is 48.0 Å². The van der Waals surface area contributed by atoms with Crippen LogP contribution in [0.4, 0.5) is 8.78 Å². The number of para-hydroxylation sites is 1. The fourth-order valence-electron chi connectivity index (χ4n) is 5.62. The molecule has 47 heavy (non-hydrogen) atoms. The molecule has 0 aliphatic rings. The topological polar surface area (TPSA) is 82.1 Å². The first kappa shape index (κ1) is 32.0. The van der Waals surface area contributed by atoms with Gasteiger partial charge in [0.15, 0.2) is 0 Å². The minimum absolute atomic E-state index is 0.130. The molecule has 6 rings (SSSR count). The molecule has 0 amide bonds. The van der Waals surface area contributed by atoms with E-state index in [1.165, 1.54) is 22.0 Å². The number of fused-ring (bicyclic) bond motifs is 1. The molecule has 3 heterocycles. The molecule has 0 bridgehead atoms. The van der Waals surface area contributed by atoms with Crippen molar-refractivity contribution in [1.82, 2.24) is 23.6 Å². The molecule has 0 aliphatic carbocycles. The Labute approximate surface area is 273 Å². The zero-order chi connectivity index (χ0) is 33.1. The minimum atomic E-state index is -0.782. The highest BCUT2D eigenvalue weighted by Gasteiger charge is 2.25. The highest BCUT2D eigenvalue weighted by atomic mass is 32.1. The number of aromatic nitrogens is 4. The molecule has 3 aromatic heterocycles.